The molecule has 18 rings (SSSR count). The van der Waals surface area contributed by atoms with Crippen LogP contribution in [-0.2, 0) is 27.1 Å². The fraction of sp³-hybridized carbons (Fsp3) is 0.168. The van der Waals surface area contributed by atoms with E-state index in [4.69, 9.17) is 9.47 Å². The third kappa shape index (κ3) is 11.3. The highest BCUT2D eigenvalue weighted by atomic mass is 19.2. The molecule has 1 spiro atoms. The summed E-state index contributed by atoms with van der Waals surface area (Å²) in [4.78, 5) is 4.22. The van der Waals surface area contributed by atoms with Gasteiger partial charge < -0.3 is 19.3 Å². The molecule has 111 heavy (non-hydrogen) atoms. The SMILES string of the molecule is C=Cc1ccc(Oc2ccc(C3(c4ccc(F)cc4F)C4=C(C=CCC4)c4ccc(N(c5ccc(C)c(F)c5)c5ccc6c(c5)C5(CC6(C)C)CC(C)(C)c6ccc(N(c7ccc(C)c(F)c7)c7ccc8c(c7)C(c7ccc(Oc9ccc(C=C)cc9)cc7)(c7ccc(F)cc7F)C7=C8C=CCC7)cc65)cc43)cc2)cc1. The van der Waals surface area contributed by atoms with Gasteiger partial charge in [0.05, 0.1) is 10.8 Å². The van der Waals surface area contributed by atoms with Crippen LogP contribution in [0.5, 0.6) is 23.0 Å². The second-order valence-electron chi connectivity index (χ2n) is 31.9. The van der Waals surface area contributed by atoms with Crippen molar-refractivity contribution in [3.63, 3.8) is 0 Å². The number of nitrogens with zero attached hydrogens (tertiary/aromatic N) is 2. The fourth-order valence-corrected chi connectivity index (χ4v) is 19.6. The maximum Gasteiger partial charge on any atom is 0.130 e. The first-order chi connectivity index (χ1) is 53.6. The Morgan fingerprint density at radius 2 is 0.676 bits per heavy atom. The zero-order chi connectivity index (χ0) is 76.6. The predicted octanol–water partition coefficient (Wildman–Crippen LogP) is 27.5. The normalized spacial score (nSPS) is 19.1. The first-order valence-electron chi connectivity index (χ1n) is 38.1. The smallest absolute Gasteiger partial charge is 0.130 e. The summed E-state index contributed by atoms with van der Waals surface area (Å²) in [6, 6.07) is 75.2. The molecule has 2 atom stereocenters. The average molecular weight is 1470 g/mol. The summed E-state index contributed by atoms with van der Waals surface area (Å²) in [6.07, 6.45) is 16.2. The summed E-state index contributed by atoms with van der Waals surface area (Å²) in [5.41, 5.74) is 17.1. The Balaban J connectivity index is 0.799. The van der Waals surface area contributed by atoms with Gasteiger partial charge in [0.1, 0.15) is 57.9 Å². The number of rotatable bonds is 16. The molecular weight excluding hydrogens is 1390 g/mol. The van der Waals surface area contributed by atoms with Crippen molar-refractivity contribution in [2.24, 2.45) is 0 Å². The Morgan fingerprint density at radius 3 is 1.04 bits per heavy atom. The minimum atomic E-state index is -1.27. The number of halogens is 6. The molecule has 12 aromatic carbocycles. The van der Waals surface area contributed by atoms with E-state index >= 15 is 26.3 Å². The molecule has 0 heterocycles. The summed E-state index contributed by atoms with van der Waals surface area (Å²) in [5, 5.41) is 0. The van der Waals surface area contributed by atoms with Crippen LogP contribution < -0.4 is 19.3 Å². The van der Waals surface area contributed by atoms with E-state index in [1.165, 1.54) is 23.3 Å². The zero-order valence-electron chi connectivity index (χ0n) is 62.7. The van der Waals surface area contributed by atoms with Crippen LogP contribution in [0.1, 0.15) is 155 Å². The van der Waals surface area contributed by atoms with Crippen LogP contribution >= 0.6 is 0 Å². The van der Waals surface area contributed by atoms with Gasteiger partial charge in [-0.2, -0.15) is 0 Å². The molecule has 12 aromatic rings. The Kier molecular flexibility index (Phi) is 16.9. The number of ether oxygens (including phenoxy) is 2. The number of hydrogen-bond donors (Lipinski definition) is 0. The van der Waals surface area contributed by atoms with Crippen molar-refractivity contribution in [2.75, 3.05) is 9.80 Å². The van der Waals surface area contributed by atoms with Crippen LogP contribution in [0.25, 0.3) is 23.3 Å². The van der Waals surface area contributed by atoms with E-state index in [1.54, 1.807) is 62.4 Å². The minimum absolute atomic E-state index is 0.302. The van der Waals surface area contributed by atoms with Crippen LogP contribution in [0, 0.1) is 48.8 Å². The lowest BCUT2D eigenvalue weighted by atomic mass is 9.65. The molecule has 0 aromatic heterocycles. The van der Waals surface area contributed by atoms with Crippen molar-refractivity contribution >= 4 is 57.4 Å². The Morgan fingerprint density at radius 1 is 0.342 bits per heavy atom. The molecule has 548 valence electrons. The van der Waals surface area contributed by atoms with Gasteiger partial charge in [0, 0.05) is 62.8 Å². The van der Waals surface area contributed by atoms with Gasteiger partial charge in [-0.1, -0.05) is 174 Å². The van der Waals surface area contributed by atoms with Gasteiger partial charge in [-0.3, -0.25) is 0 Å². The lowest BCUT2D eigenvalue weighted by Crippen LogP contribution is -2.32. The summed E-state index contributed by atoms with van der Waals surface area (Å²) in [6.45, 7) is 20.6. The van der Waals surface area contributed by atoms with Crippen molar-refractivity contribution in [2.45, 2.75) is 107 Å². The molecule has 0 saturated carbocycles. The number of benzene rings is 12. The molecule has 10 heteroatoms. The van der Waals surface area contributed by atoms with Gasteiger partial charge in [0.25, 0.3) is 0 Å². The molecule has 6 aliphatic carbocycles. The number of anilines is 6. The Bertz CT molecular complexity index is 5630. The molecule has 0 aliphatic heterocycles. The van der Waals surface area contributed by atoms with Crippen LogP contribution in [0.3, 0.4) is 0 Å². The molecular formula is C101H80F6N2O2. The summed E-state index contributed by atoms with van der Waals surface area (Å²) >= 11 is 0. The molecule has 0 N–H and O–H groups in total. The third-order valence-corrected chi connectivity index (χ3v) is 24.4. The Hall–Kier alpha value is -12.1. The van der Waals surface area contributed by atoms with Gasteiger partial charge in [-0.15, -0.1) is 0 Å². The van der Waals surface area contributed by atoms with E-state index in [-0.39, 0.29) is 22.5 Å². The number of fused-ring (bicyclic) bond motifs is 8. The maximum absolute atomic E-state index is 17.5. The molecule has 0 bridgehead atoms. The number of allylic oxidation sites excluding steroid dienone is 8. The van der Waals surface area contributed by atoms with Gasteiger partial charge in [-0.25, -0.2) is 26.3 Å². The van der Waals surface area contributed by atoms with Gasteiger partial charge in [-0.05, 0) is 297 Å². The fourth-order valence-electron chi connectivity index (χ4n) is 19.6. The van der Waals surface area contributed by atoms with Gasteiger partial charge >= 0.3 is 0 Å². The largest absolute Gasteiger partial charge is 0.457 e. The van der Waals surface area contributed by atoms with E-state index in [2.05, 4.69) is 148 Å². The van der Waals surface area contributed by atoms with E-state index in [0.29, 0.717) is 93.7 Å². The maximum atomic E-state index is 17.5. The van der Waals surface area contributed by atoms with E-state index in [0.717, 1.165) is 114 Å². The average Bonchev–Trinajstić information content (AvgIpc) is 1.54. The summed E-state index contributed by atoms with van der Waals surface area (Å²) in [7, 11) is 0. The van der Waals surface area contributed by atoms with Crippen molar-refractivity contribution < 1.29 is 35.8 Å². The van der Waals surface area contributed by atoms with Crippen LogP contribution in [0.2, 0.25) is 0 Å². The zero-order valence-corrected chi connectivity index (χ0v) is 62.7. The van der Waals surface area contributed by atoms with Crippen LogP contribution in [0.4, 0.5) is 60.5 Å². The van der Waals surface area contributed by atoms with Crippen molar-refractivity contribution in [1.82, 2.24) is 0 Å². The molecule has 6 aliphatic rings. The third-order valence-electron chi connectivity index (χ3n) is 24.4. The molecule has 0 saturated heterocycles. The van der Waals surface area contributed by atoms with Gasteiger partial charge in [0.15, 0.2) is 0 Å². The lowest BCUT2D eigenvalue weighted by Gasteiger charge is -2.37. The topological polar surface area (TPSA) is 24.9 Å². The highest BCUT2D eigenvalue weighted by molar-refractivity contribution is 5.95. The minimum Gasteiger partial charge on any atom is -0.457 e. The second-order valence-corrected chi connectivity index (χ2v) is 31.9. The standard InChI is InChI=1S/C101H80F6N2O2/c1-9-63-21-37-75(38-22-63)110-77-41-25-65(26-42-77)100(87-47-29-67(102)51-95(87)106)83-17-13-11-15-79(83)81-45-33-69(53-89(81)100)108(73-31-19-61(3)93(104)57-73)71-35-49-85-91(55-71)99(59-97(85,5)6)60-98(7,8)86-50-36-72(56-92(86)99)109(74-32-20-62(4)94(105)58-74)70-34-46-82-80-16-12-14-18-84(80)101(90(82)54-70,88-48-30-68(103)52-96(88)107)66-27-43-78(44-28-66)111-76-39-23-64(10-2)24-40-76/h9-12,15-16,19-58H,1-2,13-14,17-18,59-60H2,3-8H3. The monoisotopic (exact) mass is 1470 g/mol. The first kappa shape index (κ1) is 70.5. The van der Waals surface area contributed by atoms with Crippen molar-refractivity contribution in [3.8, 4) is 23.0 Å². The quantitative estimate of drug-likeness (QED) is 0.0900. The number of aryl methyl sites for hydroxylation is 2. The molecule has 2 unspecified atom stereocenters. The highest BCUT2D eigenvalue weighted by Gasteiger charge is 2.57. The van der Waals surface area contributed by atoms with E-state index in [1.807, 2.05) is 109 Å². The second kappa shape index (κ2) is 26.6. The molecule has 0 amide bonds. The summed E-state index contributed by atoms with van der Waals surface area (Å²) in [5.74, 6) is -1.08. The molecule has 0 radical (unpaired) electrons. The van der Waals surface area contributed by atoms with Crippen molar-refractivity contribution in [3.05, 3.63) is 415 Å². The Labute approximate surface area is 644 Å². The molecule has 0 fully saturated rings. The van der Waals surface area contributed by atoms with Gasteiger partial charge in [0.2, 0.25) is 0 Å². The van der Waals surface area contributed by atoms with E-state index < -0.39 is 39.5 Å². The predicted molar refractivity (Wildman–Crippen MR) is 437 cm³/mol. The van der Waals surface area contributed by atoms with E-state index in [9.17, 15) is 0 Å². The lowest BCUT2D eigenvalue weighted by molar-refractivity contribution is 0.349. The van der Waals surface area contributed by atoms with Crippen LogP contribution in [0.15, 0.2) is 291 Å². The first-order valence-corrected chi connectivity index (χ1v) is 38.1. The highest BCUT2D eigenvalue weighted by Crippen LogP contribution is 2.66. The van der Waals surface area contributed by atoms with Crippen LogP contribution in [-0.4, -0.2) is 0 Å². The van der Waals surface area contributed by atoms with Crippen molar-refractivity contribution in [1.29, 1.82) is 0 Å². The molecule has 4 nitrogen and oxygen atoms in total. The summed E-state index contributed by atoms with van der Waals surface area (Å²) < 4.78 is 112. The number of hydrogen-bond acceptors (Lipinski definition) is 4.